The number of rotatable bonds is 9. The fourth-order valence-electron chi connectivity index (χ4n) is 2.80. The highest BCUT2D eigenvalue weighted by atomic mass is 16.5. The molecule has 0 aliphatic rings. The van der Waals surface area contributed by atoms with E-state index >= 15 is 0 Å². The summed E-state index contributed by atoms with van der Waals surface area (Å²) < 4.78 is 7.63. The van der Waals surface area contributed by atoms with Crippen molar-refractivity contribution >= 4 is 5.96 Å². The van der Waals surface area contributed by atoms with Gasteiger partial charge in [0.05, 0.1) is 18.0 Å². The Morgan fingerprint density at radius 2 is 1.96 bits per heavy atom. The van der Waals surface area contributed by atoms with Crippen LogP contribution >= 0.6 is 0 Å². The summed E-state index contributed by atoms with van der Waals surface area (Å²) in [5, 5.41) is 11.3. The number of nitrogens with zero attached hydrogens (tertiary/aromatic N) is 3. The van der Waals surface area contributed by atoms with Crippen molar-refractivity contribution in [2.75, 3.05) is 26.8 Å². The summed E-state index contributed by atoms with van der Waals surface area (Å²) in [6.45, 7) is 11.4. The normalized spacial score (nSPS) is 11.9. The molecule has 148 valence electrons. The van der Waals surface area contributed by atoms with Gasteiger partial charge in [-0.05, 0) is 43.9 Å². The van der Waals surface area contributed by atoms with Gasteiger partial charge in [-0.15, -0.1) is 0 Å². The first-order valence-electron chi connectivity index (χ1n) is 9.65. The number of aliphatic imine (C=N–C) groups is 1. The molecule has 1 aromatic carbocycles. The smallest absolute Gasteiger partial charge is 0.191 e. The minimum absolute atomic E-state index is 0.669. The average Bonchev–Trinajstić information content (AvgIpc) is 2.98. The highest BCUT2D eigenvalue weighted by Crippen LogP contribution is 2.16. The molecule has 2 N–H and O–H groups in total. The minimum Gasteiger partial charge on any atom is -0.380 e. The number of benzene rings is 1. The first-order valence-corrected chi connectivity index (χ1v) is 9.65. The molecule has 0 aliphatic heterocycles. The summed E-state index contributed by atoms with van der Waals surface area (Å²) in [5.41, 5.74) is 4.40. The van der Waals surface area contributed by atoms with Gasteiger partial charge in [-0.1, -0.05) is 32.0 Å². The summed E-state index contributed by atoms with van der Waals surface area (Å²) in [7, 11) is 1.78. The van der Waals surface area contributed by atoms with Crippen LogP contribution in [0.3, 0.4) is 0 Å². The number of hydrogen-bond acceptors (Lipinski definition) is 3. The molecule has 6 heteroatoms. The number of para-hydroxylation sites is 1. The highest BCUT2D eigenvalue weighted by Gasteiger charge is 2.09. The summed E-state index contributed by atoms with van der Waals surface area (Å²) in [6, 6.07) is 10.4. The van der Waals surface area contributed by atoms with Crippen LogP contribution in [0.15, 0.2) is 35.3 Å². The molecule has 27 heavy (non-hydrogen) atoms. The monoisotopic (exact) mass is 371 g/mol. The van der Waals surface area contributed by atoms with E-state index in [1.54, 1.807) is 7.05 Å². The van der Waals surface area contributed by atoms with Gasteiger partial charge in [0, 0.05) is 32.4 Å². The number of aryl methyl sites for hydroxylation is 2. The SMILES string of the molecule is CN=C(NCCOCCC(C)C)NCc1ccccc1-n1nc(C)cc1C. The number of hydrogen-bond donors (Lipinski definition) is 2. The zero-order valence-electron chi connectivity index (χ0n) is 17.2. The van der Waals surface area contributed by atoms with Crippen molar-refractivity contribution in [3.63, 3.8) is 0 Å². The molecule has 1 heterocycles. The van der Waals surface area contributed by atoms with E-state index in [1.165, 1.54) is 5.56 Å². The average molecular weight is 372 g/mol. The molecule has 0 atom stereocenters. The van der Waals surface area contributed by atoms with Crippen molar-refractivity contribution in [2.24, 2.45) is 10.9 Å². The molecular formula is C21H33N5O. The van der Waals surface area contributed by atoms with Crippen LogP contribution in [0.4, 0.5) is 0 Å². The Hall–Kier alpha value is -2.34. The molecular weight excluding hydrogens is 338 g/mol. The third-order valence-electron chi connectivity index (χ3n) is 4.28. The van der Waals surface area contributed by atoms with E-state index in [-0.39, 0.29) is 0 Å². The Bertz CT molecular complexity index is 736. The van der Waals surface area contributed by atoms with Gasteiger partial charge >= 0.3 is 0 Å². The predicted octanol–water partition coefficient (Wildman–Crippen LogP) is 3.22. The maximum absolute atomic E-state index is 5.64. The van der Waals surface area contributed by atoms with Gasteiger partial charge in [-0.25, -0.2) is 4.68 Å². The molecule has 2 aromatic rings. The van der Waals surface area contributed by atoms with Crippen LogP contribution in [0, 0.1) is 19.8 Å². The molecule has 0 saturated carbocycles. The molecule has 0 bridgehead atoms. The Labute approximate surface area is 163 Å². The molecule has 2 rings (SSSR count). The Balaban J connectivity index is 1.87. The van der Waals surface area contributed by atoms with Gasteiger partial charge in [0.15, 0.2) is 5.96 Å². The summed E-state index contributed by atoms with van der Waals surface area (Å²) in [5.74, 6) is 1.44. The third kappa shape index (κ3) is 6.71. The molecule has 0 amide bonds. The first-order chi connectivity index (χ1) is 13.0. The van der Waals surface area contributed by atoms with Crippen LogP contribution in [0.5, 0.6) is 0 Å². The van der Waals surface area contributed by atoms with Crippen molar-refractivity contribution in [2.45, 2.75) is 40.7 Å². The van der Waals surface area contributed by atoms with E-state index in [4.69, 9.17) is 4.74 Å². The highest BCUT2D eigenvalue weighted by molar-refractivity contribution is 5.79. The Kier molecular flexibility index (Phi) is 8.33. The second kappa shape index (κ2) is 10.7. The molecule has 6 nitrogen and oxygen atoms in total. The van der Waals surface area contributed by atoms with Crippen molar-refractivity contribution in [3.05, 3.63) is 47.3 Å². The second-order valence-corrected chi connectivity index (χ2v) is 7.12. The van der Waals surface area contributed by atoms with Gasteiger partial charge in [0.25, 0.3) is 0 Å². The Morgan fingerprint density at radius 1 is 1.19 bits per heavy atom. The molecule has 0 spiro atoms. The first kappa shape index (κ1) is 21.0. The van der Waals surface area contributed by atoms with Crippen LogP contribution in [0.2, 0.25) is 0 Å². The fourth-order valence-corrected chi connectivity index (χ4v) is 2.80. The fraction of sp³-hybridized carbons (Fsp3) is 0.524. The second-order valence-electron chi connectivity index (χ2n) is 7.12. The van der Waals surface area contributed by atoms with Gasteiger partial charge in [-0.2, -0.15) is 5.10 Å². The van der Waals surface area contributed by atoms with Gasteiger partial charge in [0.1, 0.15) is 0 Å². The summed E-state index contributed by atoms with van der Waals surface area (Å²) >= 11 is 0. The number of nitrogens with one attached hydrogen (secondary N) is 2. The summed E-state index contributed by atoms with van der Waals surface area (Å²) in [4.78, 5) is 4.29. The molecule has 0 fully saturated rings. The molecule has 0 radical (unpaired) electrons. The van der Waals surface area contributed by atoms with Crippen LogP contribution in [0.1, 0.15) is 37.2 Å². The standard InChI is InChI=1S/C21H33N5O/c1-16(2)10-12-27-13-11-23-21(22-5)24-15-19-8-6-7-9-20(19)26-18(4)14-17(3)25-26/h6-9,14,16H,10-13,15H2,1-5H3,(H2,22,23,24). The van der Waals surface area contributed by atoms with Crippen LogP contribution in [0.25, 0.3) is 5.69 Å². The minimum atomic E-state index is 0.669. The van der Waals surface area contributed by atoms with Gasteiger partial charge in [-0.3, -0.25) is 4.99 Å². The van der Waals surface area contributed by atoms with E-state index in [0.717, 1.165) is 42.6 Å². The van der Waals surface area contributed by atoms with Crippen molar-refractivity contribution in [3.8, 4) is 5.69 Å². The molecule has 0 unspecified atom stereocenters. The van der Waals surface area contributed by atoms with Crippen molar-refractivity contribution < 1.29 is 4.74 Å². The van der Waals surface area contributed by atoms with Gasteiger partial charge in [0.2, 0.25) is 0 Å². The van der Waals surface area contributed by atoms with Crippen molar-refractivity contribution in [1.82, 2.24) is 20.4 Å². The van der Waals surface area contributed by atoms with E-state index in [0.29, 0.717) is 19.1 Å². The van der Waals surface area contributed by atoms with Gasteiger partial charge < -0.3 is 15.4 Å². The number of guanidine groups is 1. The van der Waals surface area contributed by atoms with Crippen LogP contribution < -0.4 is 10.6 Å². The van der Waals surface area contributed by atoms with Crippen LogP contribution in [-0.2, 0) is 11.3 Å². The third-order valence-corrected chi connectivity index (χ3v) is 4.28. The zero-order valence-corrected chi connectivity index (χ0v) is 17.2. The lowest BCUT2D eigenvalue weighted by Crippen LogP contribution is -2.38. The van der Waals surface area contributed by atoms with E-state index in [2.05, 4.69) is 59.7 Å². The van der Waals surface area contributed by atoms with Crippen molar-refractivity contribution in [1.29, 1.82) is 0 Å². The number of aromatic nitrogens is 2. The van der Waals surface area contributed by atoms with Crippen LogP contribution in [-0.4, -0.2) is 42.5 Å². The quantitative estimate of drug-likeness (QED) is 0.404. The zero-order chi connectivity index (χ0) is 19.6. The lowest BCUT2D eigenvalue weighted by Gasteiger charge is -2.15. The molecule has 1 aromatic heterocycles. The maximum Gasteiger partial charge on any atom is 0.191 e. The molecule has 0 saturated heterocycles. The van der Waals surface area contributed by atoms with E-state index in [1.807, 2.05) is 23.7 Å². The Morgan fingerprint density at radius 3 is 2.63 bits per heavy atom. The summed E-state index contributed by atoms with van der Waals surface area (Å²) in [6.07, 6.45) is 1.09. The van der Waals surface area contributed by atoms with E-state index < -0.39 is 0 Å². The number of ether oxygens (including phenoxy) is 1. The molecule has 0 aliphatic carbocycles. The lowest BCUT2D eigenvalue weighted by molar-refractivity contribution is 0.128. The predicted molar refractivity (Wildman–Crippen MR) is 112 cm³/mol. The topological polar surface area (TPSA) is 63.5 Å². The maximum atomic E-state index is 5.64. The largest absolute Gasteiger partial charge is 0.380 e. The van der Waals surface area contributed by atoms with E-state index in [9.17, 15) is 0 Å². The lowest BCUT2D eigenvalue weighted by atomic mass is 10.1.